The molecule has 42 heavy (non-hydrogen) atoms. The third-order valence-electron chi connectivity index (χ3n) is 8.42. The molecule has 14 heteroatoms. The molecule has 0 spiro atoms. The van der Waals surface area contributed by atoms with Gasteiger partial charge in [-0.1, -0.05) is 13.8 Å². The molecule has 6 rings (SSSR count). The summed E-state index contributed by atoms with van der Waals surface area (Å²) in [6, 6.07) is 1.54. The number of sulfonamides is 1. The van der Waals surface area contributed by atoms with E-state index in [9.17, 15) is 13.2 Å². The van der Waals surface area contributed by atoms with Crippen molar-refractivity contribution in [3.8, 4) is 17.3 Å². The Morgan fingerprint density at radius 1 is 1.02 bits per heavy atom. The molecule has 1 N–H and O–H groups in total. The zero-order valence-corrected chi connectivity index (χ0v) is 25.2. The van der Waals surface area contributed by atoms with Crippen LogP contribution in [-0.4, -0.2) is 119 Å². The number of pyridine rings is 1. The fourth-order valence-corrected chi connectivity index (χ4v) is 6.96. The van der Waals surface area contributed by atoms with E-state index in [2.05, 4.69) is 31.8 Å². The van der Waals surface area contributed by atoms with Gasteiger partial charge in [-0.25, -0.2) is 18.4 Å². The predicted octanol–water partition coefficient (Wildman–Crippen LogP) is 1.19. The standard InChI is InChI=1S/C28H40N8O5S/c1-3-23-24-25(32-36(23)12-9-34-13-15-40-16-14-34)27(37)31-26(30-24)22-17-21(18-29-28(22)41-19-20-5-6-20)42(38,39)35-10-7-33(4-2)8-11-35/h17-18,20H,3-16,19H2,1-2H3,(H,30,31,37). The van der Waals surface area contributed by atoms with Crippen LogP contribution in [0, 0.1) is 5.92 Å². The van der Waals surface area contributed by atoms with E-state index in [4.69, 9.17) is 14.5 Å². The number of fused-ring (bicyclic) bond motifs is 1. The summed E-state index contributed by atoms with van der Waals surface area (Å²) in [6.45, 7) is 12.2. The van der Waals surface area contributed by atoms with Crippen LogP contribution in [0.1, 0.15) is 32.4 Å². The molecule has 2 saturated heterocycles. The van der Waals surface area contributed by atoms with Crippen LogP contribution >= 0.6 is 0 Å². The van der Waals surface area contributed by atoms with E-state index >= 15 is 0 Å². The summed E-state index contributed by atoms with van der Waals surface area (Å²) in [5.74, 6) is 0.946. The Morgan fingerprint density at radius 2 is 1.79 bits per heavy atom. The fraction of sp³-hybridized carbons (Fsp3) is 0.643. The molecule has 3 aromatic rings. The Kier molecular flexibility index (Phi) is 8.59. The second kappa shape index (κ2) is 12.4. The lowest BCUT2D eigenvalue weighted by molar-refractivity contribution is 0.0359. The lowest BCUT2D eigenvalue weighted by Gasteiger charge is -2.33. The highest BCUT2D eigenvalue weighted by atomic mass is 32.2. The molecule has 0 atom stereocenters. The maximum absolute atomic E-state index is 13.6. The van der Waals surface area contributed by atoms with Crippen LogP contribution in [0.4, 0.5) is 0 Å². The number of morpholine rings is 1. The van der Waals surface area contributed by atoms with Gasteiger partial charge in [0.1, 0.15) is 16.2 Å². The normalized spacial score (nSPS) is 19.5. The molecule has 2 aliphatic heterocycles. The van der Waals surface area contributed by atoms with E-state index in [1.54, 1.807) is 0 Å². The van der Waals surface area contributed by atoms with Gasteiger partial charge in [-0.3, -0.25) is 14.4 Å². The maximum atomic E-state index is 13.6. The lowest BCUT2D eigenvalue weighted by atomic mass is 10.2. The first kappa shape index (κ1) is 29.2. The van der Waals surface area contributed by atoms with Crippen molar-refractivity contribution in [3.63, 3.8) is 0 Å². The monoisotopic (exact) mass is 600 g/mol. The number of piperazine rings is 1. The summed E-state index contributed by atoms with van der Waals surface area (Å²) in [7, 11) is -3.80. The van der Waals surface area contributed by atoms with E-state index in [0.717, 1.165) is 57.9 Å². The minimum Gasteiger partial charge on any atom is -0.477 e. The van der Waals surface area contributed by atoms with Crippen molar-refractivity contribution in [2.24, 2.45) is 5.92 Å². The largest absolute Gasteiger partial charge is 0.477 e. The molecule has 3 fully saturated rings. The van der Waals surface area contributed by atoms with E-state index in [1.807, 2.05) is 11.6 Å². The van der Waals surface area contributed by atoms with E-state index in [-0.39, 0.29) is 27.7 Å². The number of likely N-dealkylation sites (N-methyl/N-ethyl adjacent to an activating group) is 1. The van der Waals surface area contributed by atoms with Crippen LogP contribution in [-0.2, 0) is 27.7 Å². The van der Waals surface area contributed by atoms with Crippen molar-refractivity contribution >= 4 is 21.1 Å². The Balaban J connectivity index is 1.36. The third kappa shape index (κ3) is 6.09. The highest BCUT2D eigenvalue weighted by Gasteiger charge is 2.31. The molecular weight excluding hydrogens is 560 g/mol. The first-order chi connectivity index (χ1) is 20.4. The van der Waals surface area contributed by atoms with Gasteiger partial charge in [0.2, 0.25) is 15.9 Å². The van der Waals surface area contributed by atoms with Crippen LogP contribution in [0.3, 0.4) is 0 Å². The molecule has 0 unspecified atom stereocenters. The molecular formula is C28H40N8O5S. The maximum Gasteiger partial charge on any atom is 0.279 e. The van der Waals surface area contributed by atoms with Crippen molar-refractivity contribution in [2.45, 2.75) is 44.6 Å². The van der Waals surface area contributed by atoms with Gasteiger partial charge in [0.15, 0.2) is 5.52 Å². The van der Waals surface area contributed by atoms with E-state index < -0.39 is 10.0 Å². The van der Waals surface area contributed by atoms with Gasteiger partial charge in [0, 0.05) is 45.8 Å². The molecule has 1 saturated carbocycles. The lowest BCUT2D eigenvalue weighted by Crippen LogP contribution is -2.48. The highest BCUT2D eigenvalue weighted by molar-refractivity contribution is 7.89. The number of rotatable bonds is 11. The van der Waals surface area contributed by atoms with Crippen molar-refractivity contribution in [1.29, 1.82) is 0 Å². The molecule has 13 nitrogen and oxygen atoms in total. The number of hydrogen-bond acceptors (Lipinski definition) is 10. The number of nitrogens with one attached hydrogen (secondary N) is 1. The van der Waals surface area contributed by atoms with Crippen molar-refractivity contribution < 1.29 is 17.9 Å². The van der Waals surface area contributed by atoms with E-state index in [1.165, 1.54) is 16.6 Å². The average molecular weight is 601 g/mol. The first-order valence-corrected chi connectivity index (χ1v) is 16.5. The molecule has 3 aliphatic rings. The highest BCUT2D eigenvalue weighted by Crippen LogP contribution is 2.33. The van der Waals surface area contributed by atoms with Crippen LogP contribution in [0.25, 0.3) is 22.4 Å². The summed E-state index contributed by atoms with van der Waals surface area (Å²) < 4.78 is 42.2. The van der Waals surface area contributed by atoms with Crippen LogP contribution in [0.5, 0.6) is 5.88 Å². The molecule has 1 aliphatic carbocycles. The zero-order valence-electron chi connectivity index (χ0n) is 24.4. The number of aromatic amines is 1. The van der Waals surface area contributed by atoms with Crippen molar-refractivity contribution in [3.05, 3.63) is 28.3 Å². The Labute approximate surface area is 245 Å². The summed E-state index contributed by atoms with van der Waals surface area (Å²) in [5, 5.41) is 4.62. The average Bonchev–Trinajstić information content (AvgIpc) is 3.78. The SMILES string of the molecule is CCc1c2nc(-c3cc(S(=O)(=O)N4CCN(CC)CC4)cnc3OCC3CC3)[nH]c(=O)c2nn1CCN1CCOCC1. The number of aryl methyl sites for hydroxylation is 1. The summed E-state index contributed by atoms with van der Waals surface area (Å²) in [4.78, 5) is 30.1. The number of H-pyrrole nitrogens is 1. The number of ether oxygens (including phenoxy) is 2. The molecule has 5 heterocycles. The second-order valence-electron chi connectivity index (χ2n) is 11.2. The molecule has 0 aromatic carbocycles. The van der Waals surface area contributed by atoms with Gasteiger partial charge < -0.3 is 19.4 Å². The van der Waals surface area contributed by atoms with Crippen molar-refractivity contribution in [2.75, 3.05) is 72.2 Å². The Morgan fingerprint density at radius 3 is 2.48 bits per heavy atom. The van der Waals surface area contributed by atoms with Gasteiger partial charge >= 0.3 is 0 Å². The quantitative estimate of drug-likeness (QED) is 0.342. The minimum absolute atomic E-state index is 0.0564. The predicted molar refractivity (Wildman–Crippen MR) is 157 cm³/mol. The van der Waals surface area contributed by atoms with Crippen LogP contribution in [0.15, 0.2) is 22.0 Å². The van der Waals surface area contributed by atoms with Gasteiger partial charge in [0.05, 0.1) is 43.8 Å². The van der Waals surface area contributed by atoms with Crippen molar-refractivity contribution in [1.82, 2.24) is 38.8 Å². The number of nitrogens with zero attached hydrogens (tertiary/aromatic N) is 7. The summed E-state index contributed by atoms with van der Waals surface area (Å²) >= 11 is 0. The fourth-order valence-electron chi connectivity index (χ4n) is 5.56. The molecule has 0 amide bonds. The molecule has 0 radical (unpaired) electrons. The molecule has 0 bridgehead atoms. The summed E-state index contributed by atoms with van der Waals surface area (Å²) in [6.07, 6.45) is 4.17. The van der Waals surface area contributed by atoms with Gasteiger partial charge in [-0.2, -0.15) is 9.40 Å². The van der Waals surface area contributed by atoms with Gasteiger partial charge in [-0.15, -0.1) is 0 Å². The van der Waals surface area contributed by atoms with E-state index in [0.29, 0.717) is 62.7 Å². The molecule has 3 aromatic heterocycles. The Bertz CT molecular complexity index is 1570. The van der Waals surface area contributed by atoms with Gasteiger partial charge in [0.25, 0.3) is 5.56 Å². The zero-order chi connectivity index (χ0) is 29.3. The summed E-state index contributed by atoms with van der Waals surface area (Å²) in [5.41, 5.74) is 1.61. The van der Waals surface area contributed by atoms with Crippen LogP contribution < -0.4 is 10.3 Å². The second-order valence-corrected chi connectivity index (χ2v) is 13.1. The molecule has 228 valence electrons. The van der Waals surface area contributed by atoms with Crippen LogP contribution in [0.2, 0.25) is 0 Å². The minimum atomic E-state index is -3.80. The first-order valence-electron chi connectivity index (χ1n) is 15.0. The smallest absolute Gasteiger partial charge is 0.279 e. The van der Waals surface area contributed by atoms with Gasteiger partial charge in [-0.05, 0) is 37.8 Å². The third-order valence-corrected chi connectivity index (χ3v) is 10.3. The Hall–Kier alpha value is -2.91. The number of aromatic nitrogens is 5. The number of hydrogen-bond donors (Lipinski definition) is 1. The topological polar surface area (TPSA) is 139 Å².